The predicted molar refractivity (Wildman–Crippen MR) is 92.7 cm³/mol. The summed E-state index contributed by atoms with van der Waals surface area (Å²) >= 11 is 6.05. The molecule has 23 heavy (non-hydrogen) atoms. The summed E-state index contributed by atoms with van der Waals surface area (Å²) in [5.41, 5.74) is 1.55. The molecule has 1 amide bonds. The second-order valence-electron chi connectivity index (χ2n) is 4.81. The maximum absolute atomic E-state index is 11.9. The summed E-state index contributed by atoms with van der Waals surface area (Å²) in [5.74, 6) is 1.24. The number of ether oxygens (including phenoxy) is 2. The summed E-state index contributed by atoms with van der Waals surface area (Å²) < 4.78 is 10.2. The quantitative estimate of drug-likeness (QED) is 0.808. The lowest BCUT2D eigenvalue weighted by atomic mass is 10.2. The van der Waals surface area contributed by atoms with E-state index in [-0.39, 0.29) is 5.91 Å². The zero-order valence-corrected chi connectivity index (χ0v) is 13.8. The van der Waals surface area contributed by atoms with Gasteiger partial charge in [0.15, 0.2) is 0 Å². The average Bonchev–Trinajstić information content (AvgIpc) is 2.55. The third kappa shape index (κ3) is 5.07. The molecule has 0 saturated heterocycles. The molecule has 0 bridgehead atoms. The van der Waals surface area contributed by atoms with E-state index in [0.29, 0.717) is 35.2 Å². The summed E-state index contributed by atoms with van der Waals surface area (Å²) in [7, 11) is 3.15. The Morgan fingerprint density at radius 1 is 1.09 bits per heavy atom. The third-order valence-corrected chi connectivity index (χ3v) is 3.48. The molecule has 0 radical (unpaired) electrons. The monoisotopic (exact) mass is 334 g/mol. The maximum atomic E-state index is 11.9. The summed E-state index contributed by atoms with van der Waals surface area (Å²) in [6, 6.07) is 12.6. The van der Waals surface area contributed by atoms with Crippen molar-refractivity contribution in [3.63, 3.8) is 0 Å². The van der Waals surface area contributed by atoms with E-state index in [1.807, 2.05) is 24.3 Å². The van der Waals surface area contributed by atoms with Gasteiger partial charge in [0.1, 0.15) is 11.5 Å². The van der Waals surface area contributed by atoms with Gasteiger partial charge in [-0.15, -0.1) is 0 Å². The Labute approximate surface area is 140 Å². The van der Waals surface area contributed by atoms with Gasteiger partial charge >= 0.3 is 0 Å². The Morgan fingerprint density at radius 2 is 1.91 bits per heavy atom. The van der Waals surface area contributed by atoms with Crippen LogP contribution in [0.3, 0.4) is 0 Å². The lowest BCUT2D eigenvalue weighted by Crippen LogP contribution is -2.16. The average molecular weight is 335 g/mol. The van der Waals surface area contributed by atoms with E-state index in [2.05, 4.69) is 10.6 Å². The number of carbonyl (C=O) groups is 1. The second-order valence-corrected chi connectivity index (χ2v) is 5.21. The zero-order chi connectivity index (χ0) is 16.7. The number of benzene rings is 2. The van der Waals surface area contributed by atoms with Crippen molar-refractivity contribution < 1.29 is 14.3 Å². The van der Waals surface area contributed by atoms with Crippen molar-refractivity contribution >= 4 is 28.9 Å². The van der Waals surface area contributed by atoms with Crippen LogP contribution < -0.4 is 20.1 Å². The number of halogens is 1. The van der Waals surface area contributed by atoms with Crippen LogP contribution in [-0.2, 0) is 4.79 Å². The SMILES string of the molecule is COc1cccc(NC(=O)CCNc2ccc(OC)c(Cl)c2)c1. The number of anilines is 2. The topological polar surface area (TPSA) is 59.6 Å². The Morgan fingerprint density at radius 3 is 2.61 bits per heavy atom. The van der Waals surface area contributed by atoms with Gasteiger partial charge in [-0.1, -0.05) is 17.7 Å². The summed E-state index contributed by atoms with van der Waals surface area (Å²) in [4.78, 5) is 11.9. The van der Waals surface area contributed by atoms with E-state index in [0.717, 1.165) is 5.69 Å². The number of carbonyl (C=O) groups excluding carboxylic acids is 1. The molecule has 0 spiro atoms. The molecule has 122 valence electrons. The smallest absolute Gasteiger partial charge is 0.226 e. The minimum absolute atomic E-state index is 0.0784. The van der Waals surface area contributed by atoms with Crippen molar-refractivity contribution in [3.05, 3.63) is 47.5 Å². The number of hydrogen-bond acceptors (Lipinski definition) is 4. The minimum Gasteiger partial charge on any atom is -0.497 e. The zero-order valence-electron chi connectivity index (χ0n) is 13.1. The second kappa shape index (κ2) is 8.29. The molecule has 0 atom stereocenters. The fourth-order valence-corrected chi connectivity index (χ4v) is 2.28. The van der Waals surface area contributed by atoms with Crippen LogP contribution in [0.5, 0.6) is 11.5 Å². The van der Waals surface area contributed by atoms with Crippen LogP contribution in [-0.4, -0.2) is 26.7 Å². The van der Waals surface area contributed by atoms with Crippen LogP contribution in [0.15, 0.2) is 42.5 Å². The van der Waals surface area contributed by atoms with Crippen LogP contribution in [0.2, 0.25) is 5.02 Å². The van der Waals surface area contributed by atoms with E-state index in [1.54, 1.807) is 32.4 Å². The molecule has 0 aliphatic heterocycles. The van der Waals surface area contributed by atoms with Gasteiger partial charge in [-0.3, -0.25) is 4.79 Å². The molecule has 2 rings (SSSR count). The fraction of sp³-hybridized carbons (Fsp3) is 0.235. The first-order valence-electron chi connectivity index (χ1n) is 7.13. The molecule has 6 heteroatoms. The Bertz CT molecular complexity index is 677. The van der Waals surface area contributed by atoms with Crippen LogP contribution in [0, 0.1) is 0 Å². The van der Waals surface area contributed by atoms with Crippen LogP contribution in [0.1, 0.15) is 6.42 Å². The Hall–Kier alpha value is -2.40. The van der Waals surface area contributed by atoms with Crippen molar-refractivity contribution in [1.29, 1.82) is 0 Å². The van der Waals surface area contributed by atoms with Gasteiger partial charge in [0.2, 0.25) is 5.91 Å². The van der Waals surface area contributed by atoms with E-state index in [4.69, 9.17) is 21.1 Å². The number of rotatable bonds is 7. The lowest BCUT2D eigenvalue weighted by Gasteiger charge is -2.10. The molecule has 2 aromatic carbocycles. The van der Waals surface area contributed by atoms with Crippen molar-refractivity contribution in [1.82, 2.24) is 0 Å². The highest BCUT2D eigenvalue weighted by Crippen LogP contribution is 2.27. The molecule has 2 N–H and O–H groups in total. The highest BCUT2D eigenvalue weighted by Gasteiger charge is 2.05. The predicted octanol–water partition coefficient (Wildman–Crippen LogP) is 3.80. The summed E-state index contributed by atoms with van der Waals surface area (Å²) in [6.07, 6.45) is 0.334. The number of nitrogens with one attached hydrogen (secondary N) is 2. The molecular formula is C17H19ClN2O3. The molecule has 0 aromatic heterocycles. The first-order valence-corrected chi connectivity index (χ1v) is 7.51. The van der Waals surface area contributed by atoms with Gasteiger partial charge in [0, 0.05) is 30.4 Å². The fourth-order valence-electron chi connectivity index (χ4n) is 2.02. The van der Waals surface area contributed by atoms with E-state index < -0.39 is 0 Å². The molecule has 0 unspecified atom stereocenters. The normalized spacial score (nSPS) is 10.0. The van der Waals surface area contributed by atoms with Gasteiger partial charge in [0.05, 0.1) is 19.2 Å². The van der Waals surface area contributed by atoms with E-state index in [1.165, 1.54) is 0 Å². The van der Waals surface area contributed by atoms with Gasteiger partial charge in [-0.2, -0.15) is 0 Å². The Kier molecular flexibility index (Phi) is 6.11. The number of amides is 1. The first kappa shape index (κ1) is 17.0. The number of methoxy groups -OCH3 is 2. The third-order valence-electron chi connectivity index (χ3n) is 3.19. The molecule has 0 aliphatic carbocycles. The van der Waals surface area contributed by atoms with Crippen LogP contribution >= 0.6 is 11.6 Å². The van der Waals surface area contributed by atoms with Crippen molar-refractivity contribution in [2.24, 2.45) is 0 Å². The van der Waals surface area contributed by atoms with Crippen LogP contribution in [0.4, 0.5) is 11.4 Å². The molecule has 0 aliphatic rings. The van der Waals surface area contributed by atoms with Gasteiger partial charge in [0.25, 0.3) is 0 Å². The summed E-state index contributed by atoms with van der Waals surface area (Å²) in [5, 5.41) is 6.50. The maximum Gasteiger partial charge on any atom is 0.226 e. The molecule has 5 nitrogen and oxygen atoms in total. The lowest BCUT2D eigenvalue weighted by molar-refractivity contribution is -0.115. The van der Waals surface area contributed by atoms with E-state index in [9.17, 15) is 4.79 Å². The standard InChI is InChI=1S/C17H19ClN2O3/c1-22-14-5-3-4-13(10-14)20-17(21)8-9-19-12-6-7-16(23-2)15(18)11-12/h3-7,10-11,19H,8-9H2,1-2H3,(H,20,21). The highest BCUT2D eigenvalue weighted by atomic mass is 35.5. The van der Waals surface area contributed by atoms with E-state index >= 15 is 0 Å². The van der Waals surface area contributed by atoms with Gasteiger partial charge in [-0.25, -0.2) is 0 Å². The van der Waals surface area contributed by atoms with Gasteiger partial charge < -0.3 is 20.1 Å². The minimum atomic E-state index is -0.0784. The molecular weight excluding hydrogens is 316 g/mol. The number of hydrogen-bond donors (Lipinski definition) is 2. The summed E-state index contributed by atoms with van der Waals surface area (Å²) in [6.45, 7) is 0.498. The van der Waals surface area contributed by atoms with Crippen LogP contribution in [0.25, 0.3) is 0 Å². The van der Waals surface area contributed by atoms with Crippen molar-refractivity contribution in [2.45, 2.75) is 6.42 Å². The largest absolute Gasteiger partial charge is 0.497 e. The molecule has 0 saturated carbocycles. The molecule has 0 heterocycles. The molecule has 2 aromatic rings. The first-order chi connectivity index (χ1) is 11.1. The molecule has 0 fully saturated rings. The van der Waals surface area contributed by atoms with Gasteiger partial charge in [-0.05, 0) is 30.3 Å². The highest BCUT2D eigenvalue weighted by molar-refractivity contribution is 6.32. The van der Waals surface area contributed by atoms with Crippen molar-refractivity contribution in [2.75, 3.05) is 31.4 Å². The van der Waals surface area contributed by atoms with Crippen molar-refractivity contribution in [3.8, 4) is 11.5 Å². The Balaban J connectivity index is 1.81.